The number of aryl methyl sites for hydroxylation is 2. The van der Waals surface area contributed by atoms with Crippen LogP contribution in [0, 0.1) is 6.92 Å². The van der Waals surface area contributed by atoms with Crippen LogP contribution in [0.2, 0.25) is 5.02 Å². The van der Waals surface area contributed by atoms with Gasteiger partial charge in [0.25, 0.3) is 5.56 Å². The van der Waals surface area contributed by atoms with Crippen molar-refractivity contribution in [2.45, 2.75) is 45.7 Å². The number of nitrogens with zero attached hydrogens (tertiary/aromatic N) is 3. The zero-order chi connectivity index (χ0) is 20.5. The zero-order valence-corrected chi connectivity index (χ0v) is 17.3. The van der Waals surface area contributed by atoms with Crippen molar-refractivity contribution in [3.63, 3.8) is 0 Å². The summed E-state index contributed by atoms with van der Waals surface area (Å²) in [5.41, 5.74) is 2.46. The molecule has 0 saturated heterocycles. The maximum atomic E-state index is 13.2. The highest BCUT2D eigenvalue weighted by atomic mass is 35.5. The van der Waals surface area contributed by atoms with Gasteiger partial charge in [0, 0.05) is 24.3 Å². The summed E-state index contributed by atoms with van der Waals surface area (Å²) in [7, 11) is 1.53. The maximum absolute atomic E-state index is 13.2. The normalized spacial score (nSPS) is 13.8. The average molecular weight is 415 g/mol. The lowest BCUT2D eigenvalue weighted by Crippen LogP contribution is -2.28. The molecule has 0 spiro atoms. The number of anilines is 1. The van der Waals surface area contributed by atoms with Crippen LogP contribution in [0.4, 0.5) is 5.69 Å². The quantitative estimate of drug-likeness (QED) is 0.708. The van der Waals surface area contributed by atoms with Gasteiger partial charge in [-0.05, 0) is 44.0 Å². The predicted molar refractivity (Wildman–Crippen MR) is 113 cm³/mol. The summed E-state index contributed by atoms with van der Waals surface area (Å²) in [6.45, 7) is 2.58. The zero-order valence-electron chi connectivity index (χ0n) is 16.5. The van der Waals surface area contributed by atoms with Crippen molar-refractivity contribution < 1.29 is 9.53 Å². The van der Waals surface area contributed by atoms with Gasteiger partial charge in [-0.1, -0.05) is 18.0 Å². The Balaban J connectivity index is 1.64. The number of rotatable bonds is 4. The van der Waals surface area contributed by atoms with Gasteiger partial charge in [0.05, 0.1) is 17.6 Å². The number of ether oxygens (including phenoxy) is 1. The van der Waals surface area contributed by atoms with Crippen LogP contribution in [0.3, 0.4) is 0 Å². The molecule has 8 heteroatoms. The van der Waals surface area contributed by atoms with Gasteiger partial charge in [0.15, 0.2) is 0 Å². The molecule has 0 unspecified atom stereocenters. The van der Waals surface area contributed by atoms with Crippen molar-refractivity contribution in [1.82, 2.24) is 14.1 Å². The second kappa shape index (κ2) is 7.91. The molecule has 1 aliphatic rings. The number of amides is 1. The molecule has 1 N–H and O–H groups in total. The Labute approximate surface area is 173 Å². The van der Waals surface area contributed by atoms with Crippen LogP contribution in [-0.4, -0.2) is 27.1 Å². The first-order valence-electron chi connectivity index (χ1n) is 9.71. The highest BCUT2D eigenvalue weighted by molar-refractivity contribution is 6.32. The molecule has 0 aliphatic carbocycles. The van der Waals surface area contributed by atoms with Gasteiger partial charge in [-0.2, -0.15) is 0 Å². The number of hydrogen-bond acceptors (Lipinski definition) is 4. The third-order valence-corrected chi connectivity index (χ3v) is 5.61. The maximum Gasteiger partial charge on any atom is 0.278 e. The predicted octanol–water partition coefficient (Wildman–Crippen LogP) is 3.53. The molecule has 152 valence electrons. The first kappa shape index (κ1) is 19.5. The Morgan fingerprint density at radius 2 is 2.10 bits per heavy atom. The van der Waals surface area contributed by atoms with E-state index in [1.165, 1.54) is 7.11 Å². The van der Waals surface area contributed by atoms with Crippen molar-refractivity contribution >= 4 is 34.2 Å². The number of halogens is 1. The molecule has 3 heterocycles. The van der Waals surface area contributed by atoms with Gasteiger partial charge in [-0.15, -0.1) is 0 Å². The average Bonchev–Trinajstić information content (AvgIpc) is 2.84. The summed E-state index contributed by atoms with van der Waals surface area (Å²) in [6, 6.07) is 6.93. The molecule has 4 rings (SSSR count). The van der Waals surface area contributed by atoms with E-state index in [0.29, 0.717) is 34.0 Å². The number of benzene rings is 1. The Kier molecular flexibility index (Phi) is 5.32. The molecule has 7 nitrogen and oxygen atoms in total. The Bertz CT molecular complexity index is 1150. The van der Waals surface area contributed by atoms with Crippen LogP contribution in [-0.2, 0) is 24.3 Å². The lowest BCUT2D eigenvalue weighted by atomic mass is 10.2. The van der Waals surface area contributed by atoms with E-state index in [1.807, 2.05) is 13.0 Å². The number of aromatic nitrogens is 3. The first-order chi connectivity index (χ1) is 14.0. The topological polar surface area (TPSA) is 78.2 Å². The van der Waals surface area contributed by atoms with Gasteiger partial charge >= 0.3 is 0 Å². The number of carbonyl (C=O) groups is 1. The summed E-state index contributed by atoms with van der Waals surface area (Å²) in [5.74, 6) is 1.14. The van der Waals surface area contributed by atoms with Crippen LogP contribution in [0.25, 0.3) is 11.0 Å². The molecule has 0 fully saturated rings. The van der Waals surface area contributed by atoms with Crippen molar-refractivity contribution in [3.8, 4) is 5.75 Å². The minimum atomic E-state index is -0.244. The molecule has 2 aromatic heterocycles. The molecule has 0 atom stereocenters. The van der Waals surface area contributed by atoms with E-state index in [0.717, 1.165) is 37.2 Å². The number of methoxy groups -OCH3 is 1. The minimum Gasteiger partial charge on any atom is -0.495 e. The van der Waals surface area contributed by atoms with Crippen molar-refractivity contribution in [1.29, 1.82) is 0 Å². The van der Waals surface area contributed by atoms with Crippen molar-refractivity contribution in [3.05, 3.63) is 51.2 Å². The summed E-state index contributed by atoms with van der Waals surface area (Å²) in [4.78, 5) is 30.5. The molecular formula is C21H23ClN4O3. The molecule has 29 heavy (non-hydrogen) atoms. The number of nitrogens with one attached hydrogen (secondary N) is 1. The molecular weight excluding hydrogens is 392 g/mol. The monoisotopic (exact) mass is 414 g/mol. The number of hydrogen-bond donors (Lipinski definition) is 1. The smallest absolute Gasteiger partial charge is 0.278 e. The van der Waals surface area contributed by atoms with E-state index >= 15 is 0 Å². The van der Waals surface area contributed by atoms with Gasteiger partial charge in [-0.3, -0.25) is 14.2 Å². The largest absolute Gasteiger partial charge is 0.495 e. The fourth-order valence-corrected chi connectivity index (χ4v) is 4.11. The van der Waals surface area contributed by atoms with Crippen LogP contribution < -0.4 is 15.6 Å². The number of carbonyl (C=O) groups excluding carboxylic acids is 1. The van der Waals surface area contributed by atoms with Crippen LogP contribution in [0.15, 0.2) is 29.1 Å². The van der Waals surface area contributed by atoms with Crippen LogP contribution in [0.5, 0.6) is 5.75 Å². The fraction of sp³-hybridized carbons (Fsp3) is 0.381. The third-order valence-electron chi connectivity index (χ3n) is 5.31. The second-order valence-corrected chi connectivity index (χ2v) is 7.71. The molecule has 1 amide bonds. The Morgan fingerprint density at radius 1 is 1.28 bits per heavy atom. The van der Waals surface area contributed by atoms with Crippen molar-refractivity contribution in [2.75, 3.05) is 12.4 Å². The minimum absolute atomic E-state index is 0.0231. The lowest BCUT2D eigenvalue weighted by molar-refractivity contribution is -0.116. The SMILES string of the molecule is COc1ccc(NC(=O)Cn2c(C)cc3nc4n(c(=O)c32)CCCCC4)cc1Cl. The summed E-state index contributed by atoms with van der Waals surface area (Å²) >= 11 is 6.13. The highest BCUT2D eigenvalue weighted by Gasteiger charge is 2.19. The van der Waals surface area contributed by atoms with Crippen LogP contribution >= 0.6 is 11.6 Å². The standard InChI is InChI=1S/C21H23ClN4O3/c1-13-10-16-20(21(28)25-9-5-3-4-6-18(25)24-16)26(13)12-19(27)23-14-7-8-17(29-2)15(22)11-14/h7-8,10-11H,3-6,9,12H2,1-2H3,(H,23,27). The van der Waals surface area contributed by atoms with Crippen LogP contribution in [0.1, 0.15) is 30.8 Å². The molecule has 1 aliphatic heterocycles. The molecule has 3 aromatic rings. The summed E-state index contributed by atoms with van der Waals surface area (Å²) < 4.78 is 8.64. The van der Waals surface area contributed by atoms with E-state index in [9.17, 15) is 9.59 Å². The van der Waals surface area contributed by atoms with E-state index in [1.54, 1.807) is 27.3 Å². The van der Waals surface area contributed by atoms with E-state index < -0.39 is 0 Å². The summed E-state index contributed by atoms with van der Waals surface area (Å²) in [5, 5.41) is 3.24. The first-order valence-corrected chi connectivity index (χ1v) is 10.1. The molecule has 0 bridgehead atoms. The summed E-state index contributed by atoms with van der Waals surface area (Å²) in [6.07, 6.45) is 3.93. The van der Waals surface area contributed by atoms with Gasteiger partial charge in [0.2, 0.25) is 5.91 Å². The van der Waals surface area contributed by atoms with E-state index in [2.05, 4.69) is 5.32 Å². The van der Waals surface area contributed by atoms with Gasteiger partial charge in [0.1, 0.15) is 23.6 Å². The second-order valence-electron chi connectivity index (χ2n) is 7.30. The van der Waals surface area contributed by atoms with E-state index in [4.69, 9.17) is 21.3 Å². The Hall–Kier alpha value is -2.80. The molecule has 1 aromatic carbocycles. The van der Waals surface area contributed by atoms with E-state index in [-0.39, 0.29) is 18.0 Å². The Morgan fingerprint density at radius 3 is 2.86 bits per heavy atom. The highest BCUT2D eigenvalue weighted by Crippen LogP contribution is 2.27. The third kappa shape index (κ3) is 3.74. The lowest BCUT2D eigenvalue weighted by Gasteiger charge is -2.12. The van der Waals surface area contributed by atoms with Gasteiger partial charge < -0.3 is 14.6 Å². The fourth-order valence-electron chi connectivity index (χ4n) is 3.86. The number of fused-ring (bicyclic) bond motifs is 2. The van der Waals surface area contributed by atoms with Crippen molar-refractivity contribution in [2.24, 2.45) is 0 Å². The molecule has 0 radical (unpaired) electrons. The molecule has 0 saturated carbocycles. The van der Waals surface area contributed by atoms with Gasteiger partial charge in [-0.25, -0.2) is 4.98 Å².